The smallest absolute Gasteiger partial charge is 0.139 e. The first-order chi connectivity index (χ1) is 19.7. The molecule has 0 aliphatic heterocycles. The van der Waals surface area contributed by atoms with Gasteiger partial charge in [-0.3, -0.25) is 0 Å². The lowest BCUT2D eigenvalue weighted by Crippen LogP contribution is -2.31. The number of aromatic amines is 1. The number of imidazole rings is 1. The maximum absolute atomic E-state index is 12.7. The van der Waals surface area contributed by atoms with Crippen LogP contribution in [0.2, 0.25) is 0 Å². The normalized spacial score (nSPS) is 11.2. The minimum Gasteiger partial charge on any atom is -0.457 e. The van der Waals surface area contributed by atoms with Crippen molar-refractivity contribution >= 4 is 18.3 Å². The highest BCUT2D eigenvalue weighted by molar-refractivity contribution is 5.65. The molecule has 0 aliphatic carbocycles. The third-order valence-corrected chi connectivity index (χ3v) is 5.69. The number of halogens is 2. The molecule has 0 spiro atoms. The quantitative estimate of drug-likeness (QED) is 0.201. The van der Waals surface area contributed by atoms with Crippen LogP contribution >= 0.6 is 0 Å². The second-order valence-corrected chi connectivity index (χ2v) is 9.31. The molecule has 3 aromatic carbocycles. The Morgan fingerprint density at radius 3 is 1.93 bits per heavy atom. The summed E-state index contributed by atoms with van der Waals surface area (Å²) in [6.45, 7) is 4.38. The molecule has 4 rings (SSSR count). The van der Waals surface area contributed by atoms with E-state index in [0.29, 0.717) is 19.0 Å². The van der Waals surface area contributed by atoms with Gasteiger partial charge in [0, 0.05) is 24.6 Å². The molecular formula is C31H36F2N4O4. The molecule has 218 valence electrons. The Hall–Kier alpha value is -4.41. The number of likely N-dealkylation sites (N-methyl/N-ethyl adjacent to an activating group) is 1. The van der Waals surface area contributed by atoms with E-state index in [0.717, 1.165) is 35.3 Å². The van der Waals surface area contributed by atoms with Crippen molar-refractivity contribution < 1.29 is 27.8 Å². The standard InChI is InChI=1S/C13H12FNO.C11H14FNO2.C7H10N2O/c1-15-11-4-8-13(9-5-11)16-12-6-2-10(14)3-7-12;1-13-11(6-14)8-15-7-9-2-4-10(12)5-3-9;1-7(2,4-10)6-3-8-5-9-6/h2-9,15H,1H3;2-6,11,13H,7-8H2,1H3;3-5H,1-2H3,(H,8,9)/t;11-;/m.1./s1. The molecule has 1 atom stereocenters. The first-order valence-corrected chi connectivity index (χ1v) is 12.8. The van der Waals surface area contributed by atoms with E-state index in [-0.39, 0.29) is 17.7 Å². The van der Waals surface area contributed by atoms with Gasteiger partial charge in [0.1, 0.15) is 35.7 Å². The van der Waals surface area contributed by atoms with E-state index >= 15 is 0 Å². The van der Waals surface area contributed by atoms with Crippen LogP contribution in [0.15, 0.2) is 85.3 Å². The largest absolute Gasteiger partial charge is 0.457 e. The minimum absolute atomic E-state index is 0.264. The number of carbonyl (C=O) groups is 2. The van der Waals surface area contributed by atoms with Crippen LogP contribution in [0.25, 0.3) is 0 Å². The van der Waals surface area contributed by atoms with Gasteiger partial charge in [0.05, 0.1) is 31.0 Å². The molecule has 0 fully saturated rings. The SMILES string of the molecule is CC(C)(C=O)c1cnc[nH]1.CN[C@H](C=O)COCc1ccc(F)cc1.CNc1ccc(Oc2ccc(F)cc2)cc1. The summed E-state index contributed by atoms with van der Waals surface area (Å²) in [6.07, 6.45) is 4.93. The number of hydrogen-bond donors (Lipinski definition) is 3. The fourth-order valence-corrected chi connectivity index (χ4v) is 3.08. The van der Waals surface area contributed by atoms with Gasteiger partial charge in [-0.1, -0.05) is 12.1 Å². The van der Waals surface area contributed by atoms with Crippen LogP contribution in [0, 0.1) is 11.6 Å². The third-order valence-electron chi connectivity index (χ3n) is 5.69. The van der Waals surface area contributed by atoms with Crippen LogP contribution in [0.5, 0.6) is 11.5 Å². The van der Waals surface area contributed by atoms with E-state index in [1.807, 2.05) is 45.2 Å². The van der Waals surface area contributed by atoms with Crippen molar-refractivity contribution in [1.29, 1.82) is 0 Å². The number of aromatic nitrogens is 2. The lowest BCUT2D eigenvalue weighted by atomic mass is 9.92. The van der Waals surface area contributed by atoms with Crippen molar-refractivity contribution in [2.24, 2.45) is 0 Å². The third kappa shape index (κ3) is 12.1. The molecule has 0 bridgehead atoms. The molecule has 0 radical (unpaired) electrons. The van der Waals surface area contributed by atoms with Gasteiger partial charge in [0.15, 0.2) is 0 Å². The molecule has 0 unspecified atom stereocenters. The molecule has 1 aromatic heterocycles. The molecule has 3 N–H and O–H groups in total. The second kappa shape index (κ2) is 17.3. The summed E-state index contributed by atoms with van der Waals surface area (Å²) in [4.78, 5) is 27.6. The molecule has 10 heteroatoms. The number of benzene rings is 3. The van der Waals surface area contributed by atoms with Crippen molar-refractivity contribution in [3.63, 3.8) is 0 Å². The van der Waals surface area contributed by atoms with Gasteiger partial charge in [0.2, 0.25) is 0 Å². The predicted octanol–water partition coefficient (Wildman–Crippen LogP) is 5.68. The van der Waals surface area contributed by atoms with Gasteiger partial charge < -0.3 is 34.7 Å². The van der Waals surface area contributed by atoms with Gasteiger partial charge in [-0.25, -0.2) is 13.8 Å². The molecule has 1 heterocycles. The van der Waals surface area contributed by atoms with Crippen LogP contribution in [-0.2, 0) is 26.3 Å². The Bertz CT molecular complexity index is 1280. The Kier molecular flexibility index (Phi) is 13.9. The molecule has 0 saturated heterocycles. The first kappa shape index (κ1) is 32.8. The average molecular weight is 567 g/mol. The number of carbonyl (C=O) groups excluding carboxylic acids is 2. The molecule has 4 aromatic rings. The van der Waals surface area contributed by atoms with E-state index < -0.39 is 5.41 Å². The highest BCUT2D eigenvalue weighted by atomic mass is 19.1. The summed E-state index contributed by atoms with van der Waals surface area (Å²) < 4.78 is 36.0. The summed E-state index contributed by atoms with van der Waals surface area (Å²) >= 11 is 0. The van der Waals surface area contributed by atoms with Crippen molar-refractivity contribution in [2.45, 2.75) is 31.9 Å². The van der Waals surface area contributed by atoms with E-state index in [9.17, 15) is 18.4 Å². The van der Waals surface area contributed by atoms with Crippen LogP contribution in [0.1, 0.15) is 25.1 Å². The molecule has 0 aliphatic rings. The maximum Gasteiger partial charge on any atom is 0.139 e. The summed E-state index contributed by atoms with van der Waals surface area (Å²) in [5.41, 5.74) is 2.32. The zero-order valence-electron chi connectivity index (χ0n) is 23.6. The Labute approximate surface area is 239 Å². The molecule has 0 saturated carbocycles. The number of H-pyrrole nitrogens is 1. The van der Waals surface area contributed by atoms with E-state index in [1.54, 1.807) is 43.8 Å². The highest BCUT2D eigenvalue weighted by Gasteiger charge is 2.20. The summed E-state index contributed by atoms with van der Waals surface area (Å²) in [6, 6.07) is 19.3. The van der Waals surface area contributed by atoms with Gasteiger partial charge in [-0.05, 0) is 87.1 Å². The van der Waals surface area contributed by atoms with Crippen LogP contribution in [0.3, 0.4) is 0 Å². The number of aldehydes is 2. The number of rotatable bonds is 11. The van der Waals surface area contributed by atoms with Gasteiger partial charge in [0.25, 0.3) is 0 Å². The van der Waals surface area contributed by atoms with E-state index in [2.05, 4.69) is 20.6 Å². The number of nitrogens with zero attached hydrogens (tertiary/aromatic N) is 1. The van der Waals surface area contributed by atoms with Crippen molar-refractivity contribution in [3.8, 4) is 11.5 Å². The Morgan fingerprint density at radius 2 is 1.46 bits per heavy atom. The van der Waals surface area contributed by atoms with Gasteiger partial charge >= 0.3 is 0 Å². The van der Waals surface area contributed by atoms with Crippen LogP contribution in [-0.4, -0.2) is 49.3 Å². The van der Waals surface area contributed by atoms with Gasteiger partial charge in [-0.15, -0.1) is 0 Å². The topological polar surface area (TPSA) is 105 Å². The molecule has 0 amide bonds. The summed E-state index contributed by atoms with van der Waals surface area (Å²) in [5, 5.41) is 5.81. The van der Waals surface area contributed by atoms with Crippen molar-refractivity contribution in [3.05, 3.63) is 108 Å². The lowest BCUT2D eigenvalue weighted by Gasteiger charge is -2.12. The lowest BCUT2D eigenvalue weighted by molar-refractivity contribution is -0.112. The molecule has 8 nitrogen and oxygen atoms in total. The minimum atomic E-state index is -0.434. The van der Waals surface area contributed by atoms with E-state index in [1.165, 1.54) is 24.3 Å². The summed E-state index contributed by atoms with van der Waals surface area (Å²) in [7, 11) is 3.55. The van der Waals surface area contributed by atoms with Crippen LogP contribution < -0.4 is 15.4 Å². The Morgan fingerprint density at radius 1 is 0.902 bits per heavy atom. The first-order valence-electron chi connectivity index (χ1n) is 12.8. The fraction of sp³-hybridized carbons (Fsp3) is 0.258. The molecule has 41 heavy (non-hydrogen) atoms. The zero-order chi connectivity index (χ0) is 30.1. The zero-order valence-corrected chi connectivity index (χ0v) is 23.6. The Balaban J connectivity index is 0.000000221. The number of nitrogens with one attached hydrogen (secondary N) is 3. The molecular weight excluding hydrogens is 530 g/mol. The summed E-state index contributed by atoms with van der Waals surface area (Å²) in [5.74, 6) is 0.821. The number of anilines is 1. The average Bonchev–Trinajstić information content (AvgIpc) is 3.55. The highest BCUT2D eigenvalue weighted by Crippen LogP contribution is 2.23. The predicted molar refractivity (Wildman–Crippen MR) is 155 cm³/mol. The van der Waals surface area contributed by atoms with Crippen LogP contribution in [0.4, 0.5) is 14.5 Å². The monoisotopic (exact) mass is 566 g/mol. The fourth-order valence-electron chi connectivity index (χ4n) is 3.08. The maximum atomic E-state index is 12.7. The van der Waals surface area contributed by atoms with Crippen molar-refractivity contribution in [2.75, 3.05) is 26.0 Å². The van der Waals surface area contributed by atoms with E-state index in [4.69, 9.17) is 9.47 Å². The van der Waals surface area contributed by atoms with Crippen molar-refractivity contribution in [1.82, 2.24) is 15.3 Å². The number of hydrogen-bond acceptors (Lipinski definition) is 7. The number of ether oxygens (including phenoxy) is 2. The van der Waals surface area contributed by atoms with Gasteiger partial charge in [-0.2, -0.15) is 0 Å². The second-order valence-electron chi connectivity index (χ2n) is 9.31.